The number of aromatic amines is 1. The van der Waals surface area contributed by atoms with Crippen LogP contribution in [0.4, 0.5) is 5.69 Å². The number of amides is 1. The minimum Gasteiger partial charge on any atom is -0.494 e. The normalized spacial score (nSPS) is 13.7. The van der Waals surface area contributed by atoms with E-state index in [-0.39, 0.29) is 5.56 Å². The second-order valence-corrected chi connectivity index (χ2v) is 10.7. The number of piperazine rings is 1. The van der Waals surface area contributed by atoms with Crippen LogP contribution in [-0.4, -0.2) is 110 Å². The number of aryl methyl sites for hydroxylation is 1. The predicted octanol–water partition coefficient (Wildman–Crippen LogP) is 2.42. The Balaban J connectivity index is 1.22. The molecule has 6 rings (SSSR count). The third kappa shape index (κ3) is 5.46. The molecule has 0 atom stereocenters. The van der Waals surface area contributed by atoms with Gasteiger partial charge in [-0.2, -0.15) is 10.2 Å². The summed E-state index contributed by atoms with van der Waals surface area (Å²) in [6.45, 7) is 5.39. The lowest BCUT2D eigenvalue weighted by atomic mass is 10.1. The van der Waals surface area contributed by atoms with Crippen molar-refractivity contribution in [3.05, 3.63) is 66.6 Å². The van der Waals surface area contributed by atoms with E-state index in [4.69, 9.17) is 9.84 Å². The molecule has 1 amide bonds. The zero-order valence-corrected chi connectivity index (χ0v) is 24.7. The summed E-state index contributed by atoms with van der Waals surface area (Å²) in [7, 11) is 5.59. The molecule has 5 heterocycles. The van der Waals surface area contributed by atoms with Gasteiger partial charge in [0.2, 0.25) is 0 Å². The summed E-state index contributed by atoms with van der Waals surface area (Å²) in [5.41, 5.74) is 3.73. The lowest BCUT2D eigenvalue weighted by Gasteiger charge is -2.35. The molecule has 1 fully saturated rings. The number of ketones is 1. The van der Waals surface area contributed by atoms with Gasteiger partial charge in [-0.3, -0.25) is 14.3 Å². The molecule has 0 spiro atoms. The highest BCUT2D eigenvalue weighted by Crippen LogP contribution is 2.33. The first kappa shape index (κ1) is 28.1. The third-order valence-electron chi connectivity index (χ3n) is 7.61. The third-order valence-corrected chi connectivity index (χ3v) is 7.61. The second-order valence-electron chi connectivity index (χ2n) is 10.7. The fourth-order valence-corrected chi connectivity index (χ4v) is 5.33. The summed E-state index contributed by atoms with van der Waals surface area (Å²) in [4.78, 5) is 44.8. The first-order valence-electron chi connectivity index (χ1n) is 14.1. The Bertz CT molecular complexity index is 1760. The monoisotopic (exact) mass is 582 g/mol. The second kappa shape index (κ2) is 11.7. The number of nitrogens with zero attached hydrogens (tertiary/aromatic N) is 9. The lowest BCUT2D eigenvalue weighted by Crippen LogP contribution is -2.50. The number of Topliss-reactive ketones (excluding diaryl/α,β-unsaturated/α-hetero) is 1. The molecule has 1 saturated heterocycles. The van der Waals surface area contributed by atoms with Crippen molar-refractivity contribution in [2.45, 2.75) is 13.5 Å². The number of carbonyl (C=O) groups excluding carboxylic acids is 2. The number of ether oxygens (including phenoxy) is 1. The number of pyridine rings is 1. The number of hydrogen-bond donors (Lipinski definition) is 1. The van der Waals surface area contributed by atoms with E-state index in [0.29, 0.717) is 54.5 Å². The molecule has 0 saturated carbocycles. The maximum Gasteiger partial charge on any atom is 0.295 e. The number of rotatable bonds is 9. The van der Waals surface area contributed by atoms with Gasteiger partial charge in [0.1, 0.15) is 23.6 Å². The number of likely N-dealkylation sites (N-methyl/N-ethyl adjacent to an activating group) is 1. The molecule has 5 aromatic rings. The van der Waals surface area contributed by atoms with Crippen molar-refractivity contribution in [2.75, 3.05) is 58.8 Å². The molecule has 1 aliphatic heterocycles. The molecule has 43 heavy (non-hydrogen) atoms. The smallest absolute Gasteiger partial charge is 0.295 e. The average molecular weight is 583 g/mol. The minimum absolute atomic E-state index is 0.230. The molecule has 4 aromatic heterocycles. The van der Waals surface area contributed by atoms with E-state index in [1.54, 1.807) is 18.2 Å². The van der Waals surface area contributed by atoms with Crippen LogP contribution in [0, 0.1) is 6.92 Å². The molecule has 1 aromatic carbocycles. The van der Waals surface area contributed by atoms with E-state index in [2.05, 4.69) is 48.2 Å². The van der Waals surface area contributed by atoms with Gasteiger partial charge in [0.05, 0.1) is 42.0 Å². The lowest BCUT2D eigenvalue weighted by molar-refractivity contribution is -0.126. The number of carbonyl (C=O) groups is 2. The van der Waals surface area contributed by atoms with Crippen LogP contribution in [0.1, 0.15) is 16.2 Å². The van der Waals surface area contributed by atoms with Crippen molar-refractivity contribution in [2.24, 2.45) is 0 Å². The average Bonchev–Trinajstić information content (AvgIpc) is 3.78. The molecule has 0 unspecified atom stereocenters. The minimum atomic E-state index is -0.605. The highest BCUT2D eigenvalue weighted by molar-refractivity contribution is 6.45. The summed E-state index contributed by atoms with van der Waals surface area (Å²) in [5.74, 6) is 0.267. The van der Waals surface area contributed by atoms with Gasteiger partial charge in [0.15, 0.2) is 5.82 Å². The fraction of sp³-hybridized carbons (Fsp3) is 0.333. The van der Waals surface area contributed by atoms with Gasteiger partial charge >= 0.3 is 0 Å². The van der Waals surface area contributed by atoms with Crippen molar-refractivity contribution < 1.29 is 14.3 Å². The predicted molar refractivity (Wildman–Crippen MR) is 162 cm³/mol. The number of anilines is 1. The topological polar surface area (TPSA) is 130 Å². The van der Waals surface area contributed by atoms with Crippen LogP contribution in [-0.2, 0) is 11.3 Å². The Morgan fingerprint density at radius 1 is 1.05 bits per heavy atom. The Hall–Kier alpha value is -5.04. The largest absolute Gasteiger partial charge is 0.494 e. The summed E-state index contributed by atoms with van der Waals surface area (Å²) in [6.07, 6.45) is 6.68. The Labute approximate surface area is 248 Å². The molecule has 1 N–H and O–H groups in total. The fourth-order valence-electron chi connectivity index (χ4n) is 5.33. The van der Waals surface area contributed by atoms with Crippen LogP contribution in [0.2, 0.25) is 0 Å². The van der Waals surface area contributed by atoms with Crippen LogP contribution < -0.4 is 9.64 Å². The Morgan fingerprint density at radius 2 is 1.81 bits per heavy atom. The molecule has 13 nitrogen and oxygen atoms in total. The van der Waals surface area contributed by atoms with Crippen LogP contribution in [0.3, 0.4) is 0 Å². The standard InChI is InChI=1S/C30H34N10O3/c1-20-33-19-40(34-20)29-27-25(24(43-4)17-32-29)22(16-31-27)28(41)30(42)38-13-11-37(12-14-38)23-18-39(15-10-36(2)3)35-26(23)21-8-6-5-7-9-21/h5-9,16-19,31H,10-15H2,1-4H3. The maximum atomic E-state index is 13.6. The van der Waals surface area contributed by atoms with Crippen LogP contribution in [0.15, 0.2) is 55.2 Å². The number of H-pyrrole nitrogens is 1. The molecule has 13 heteroatoms. The van der Waals surface area contributed by atoms with E-state index in [1.807, 2.05) is 37.0 Å². The molecule has 0 bridgehead atoms. The van der Waals surface area contributed by atoms with Crippen LogP contribution in [0.5, 0.6) is 5.75 Å². The number of nitrogens with one attached hydrogen (secondary N) is 1. The van der Waals surface area contributed by atoms with E-state index < -0.39 is 11.7 Å². The number of fused-ring (bicyclic) bond motifs is 1. The zero-order valence-electron chi connectivity index (χ0n) is 24.7. The highest BCUT2D eigenvalue weighted by atomic mass is 16.5. The van der Waals surface area contributed by atoms with E-state index in [9.17, 15) is 9.59 Å². The van der Waals surface area contributed by atoms with Gasteiger partial charge in [0.25, 0.3) is 11.7 Å². The van der Waals surface area contributed by atoms with Crippen molar-refractivity contribution in [1.29, 1.82) is 0 Å². The molecule has 1 aliphatic rings. The Morgan fingerprint density at radius 3 is 2.49 bits per heavy atom. The van der Waals surface area contributed by atoms with Crippen molar-refractivity contribution in [3.63, 3.8) is 0 Å². The molecule has 0 aliphatic carbocycles. The van der Waals surface area contributed by atoms with Gasteiger partial charge in [-0.1, -0.05) is 30.3 Å². The maximum absolute atomic E-state index is 13.6. The number of benzene rings is 1. The quantitative estimate of drug-likeness (QED) is 0.206. The van der Waals surface area contributed by atoms with Gasteiger partial charge in [-0.05, 0) is 21.0 Å². The summed E-state index contributed by atoms with van der Waals surface area (Å²) < 4.78 is 9.02. The summed E-state index contributed by atoms with van der Waals surface area (Å²) in [6, 6.07) is 10.1. The van der Waals surface area contributed by atoms with Crippen molar-refractivity contribution >= 4 is 28.3 Å². The Kier molecular flexibility index (Phi) is 7.63. The van der Waals surface area contributed by atoms with Crippen LogP contribution in [0.25, 0.3) is 28.0 Å². The van der Waals surface area contributed by atoms with Gasteiger partial charge in [-0.15, -0.1) is 0 Å². The highest BCUT2D eigenvalue weighted by Gasteiger charge is 2.31. The van der Waals surface area contributed by atoms with Crippen molar-refractivity contribution in [3.8, 4) is 22.8 Å². The van der Waals surface area contributed by atoms with Crippen LogP contribution >= 0.6 is 0 Å². The van der Waals surface area contributed by atoms with Gasteiger partial charge < -0.3 is 24.4 Å². The van der Waals surface area contributed by atoms with Crippen molar-refractivity contribution in [1.82, 2.24) is 44.3 Å². The molecular weight excluding hydrogens is 548 g/mol. The summed E-state index contributed by atoms with van der Waals surface area (Å²) >= 11 is 0. The van der Waals surface area contributed by atoms with Gasteiger partial charge in [-0.25, -0.2) is 14.6 Å². The first-order valence-corrected chi connectivity index (χ1v) is 14.1. The number of aromatic nitrogens is 7. The molecular formula is C30H34N10O3. The van der Waals surface area contributed by atoms with E-state index in [1.165, 1.54) is 24.2 Å². The van der Waals surface area contributed by atoms with E-state index in [0.717, 1.165) is 30.0 Å². The SMILES string of the molecule is COc1cnc(-n2cnc(C)n2)c2[nH]cc(C(=O)C(=O)N3CCN(c4cn(CCN(C)C)nc4-c4ccccc4)CC3)c12. The number of methoxy groups -OCH3 is 1. The van der Waals surface area contributed by atoms with E-state index >= 15 is 0 Å². The molecule has 222 valence electrons. The first-order chi connectivity index (χ1) is 20.8. The summed E-state index contributed by atoms with van der Waals surface area (Å²) in [5, 5.41) is 9.72. The van der Waals surface area contributed by atoms with Gasteiger partial charge in [0, 0.05) is 50.7 Å². The molecule has 0 radical (unpaired) electrons. The number of hydrogen-bond acceptors (Lipinski definition) is 9. The zero-order chi connectivity index (χ0) is 30.1.